The number of amidine groups is 1. The normalized spacial score (nSPS) is 18.0. The highest BCUT2D eigenvalue weighted by atomic mass is 32.2. The van der Waals surface area contributed by atoms with Crippen LogP contribution in [0.15, 0.2) is 58.7 Å². The van der Waals surface area contributed by atoms with Crippen LogP contribution < -0.4 is 10.6 Å². The Hall–Kier alpha value is -3.34. The van der Waals surface area contributed by atoms with Crippen LogP contribution in [0, 0.1) is 0 Å². The van der Waals surface area contributed by atoms with Crippen LogP contribution in [-0.2, 0) is 15.8 Å². The molecular weight excluding hydrogens is 421 g/mol. The standard InChI is InChI=1S/C19H15F3N4O3S/c20-19(21,22)13-6-1-2-7-14(13)24-16(28)9-15-17(29)25-18(30-15)26-23-10-11-4-3-5-12(27)8-11/h1-8,10,15,27H,9H2,(H,24,28)(H,25,26,29)/b23-10+. The van der Waals surface area contributed by atoms with Crippen molar-refractivity contribution < 1.29 is 27.9 Å². The van der Waals surface area contributed by atoms with E-state index < -0.39 is 28.8 Å². The summed E-state index contributed by atoms with van der Waals surface area (Å²) >= 11 is 0.949. The van der Waals surface area contributed by atoms with Crippen molar-refractivity contribution in [3.8, 4) is 5.75 Å². The van der Waals surface area contributed by atoms with E-state index in [0.717, 1.165) is 23.9 Å². The Morgan fingerprint density at radius 1 is 1.23 bits per heavy atom. The van der Waals surface area contributed by atoms with Crippen LogP contribution in [0.25, 0.3) is 0 Å². The molecule has 2 amide bonds. The number of carbonyl (C=O) groups is 2. The van der Waals surface area contributed by atoms with E-state index in [4.69, 9.17) is 0 Å². The highest BCUT2D eigenvalue weighted by Crippen LogP contribution is 2.34. The Balaban J connectivity index is 1.60. The molecule has 156 valence electrons. The van der Waals surface area contributed by atoms with E-state index >= 15 is 0 Å². The van der Waals surface area contributed by atoms with Gasteiger partial charge in [0.2, 0.25) is 11.8 Å². The third-order valence-corrected chi connectivity index (χ3v) is 4.95. The maximum absolute atomic E-state index is 13.0. The number of nitrogens with one attached hydrogen (secondary N) is 2. The van der Waals surface area contributed by atoms with Crippen molar-refractivity contribution in [1.82, 2.24) is 5.32 Å². The van der Waals surface area contributed by atoms with Gasteiger partial charge in [0.25, 0.3) is 0 Å². The fourth-order valence-corrected chi connectivity index (χ4v) is 3.47. The number of carbonyl (C=O) groups excluding carboxylic acids is 2. The van der Waals surface area contributed by atoms with E-state index in [1.165, 1.54) is 30.5 Å². The van der Waals surface area contributed by atoms with Crippen LogP contribution in [0.5, 0.6) is 5.75 Å². The molecule has 1 aliphatic heterocycles. The molecule has 0 spiro atoms. The molecule has 1 fully saturated rings. The lowest BCUT2D eigenvalue weighted by molar-refractivity contribution is -0.137. The Labute approximate surface area is 173 Å². The highest BCUT2D eigenvalue weighted by Gasteiger charge is 2.35. The fraction of sp³-hybridized carbons (Fsp3) is 0.158. The Morgan fingerprint density at radius 3 is 2.73 bits per heavy atom. The molecule has 0 saturated carbocycles. The molecule has 1 saturated heterocycles. The van der Waals surface area contributed by atoms with Gasteiger partial charge < -0.3 is 15.7 Å². The zero-order valence-electron chi connectivity index (χ0n) is 15.2. The van der Waals surface area contributed by atoms with Crippen molar-refractivity contribution in [3.63, 3.8) is 0 Å². The molecule has 1 heterocycles. The number of amides is 2. The Kier molecular flexibility index (Phi) is 6.40. The summed E-state index contributed by atoms with van der Waals surface area (Å²) in [4.78, 5) is 24.2. The number of benzene rings is 2. The summed E-state index contributed by atoms with van der Waals surface area (Å²) in [5, 5.41) is 21.0. The molecule has 1 atom stereocenters. The van der Waals surface area contributed by atoms with E-state index in [1.54, 1.807) is 12.1 Å². The van der Waals surface area contributed by atoms with Gasteiger partial charge in [-0.25, -0.2) is 0 Å². The van der Waals surface area contributed by atoms with Gasteiger partial charge in [-0.15, -0.1) is 5.10 Å². The number of rotatable bonds is 5. The van der Waals surface area contributed by atoms with Crippen LogP contribution in [0.2, 0.25) is 0 Å². The fourth-order valence-electron chi connectivity index (χ4n) is 2.55. The summed E-state index contributed by atoms with van der Waals surface area (Å²) in [7, 11) is 0. The molecule has 0 aliphatic carbocycles. The molecule has 3 N–H and O–H groups in total. The van der Waals surface area contributed by atoms with Gasteiger partial charge in [-0.1, -0.05) is 36.0 Å². The smallest absolute Gasteiger partial charge is 0.418 e. The third kappa shape index (κ3) is 5.60. The number of hydrogen-bond donors (Lipinski definition) is 3. The first-order chi connectivity index (χ1) is 14.2. The summed E-state index contributed by atoms with van der Waals surface area (Å²) in [6, 6.07) is 10.9. The van der Waals surface area contributed by atoms with E-state index in [9.17, 15) is 27.9 Å². The van der Waals surface area contributed by atoms with Crippen LogP contribution >= 0.6 is 11.8 Å². The van der Waals surface area contributed by atoms with E-state index in [2.05, 4.69) is 20.8 Å². The number of nitrogens with zero attached hydrogens (tertiary/aromatic N) is 2. The van der Waals surface area contributed by atoms with Crippen LogP contribution in [0.3, 0.4) is 0 Å². The summed E-state index contributed by atoms with van der Waals surface area (Å²) in [6.07, 6.45) is -3.58. The summed E-state index contributed by atoms with van der Waals surface area (Å²) < 4.78 is 39.1. The summed E-state index contributed by atoms with van der Waals surface area (Å²) in [5.41, 5.74) is -0.749. The molecule has 7 nitrogen and oxygen atoms in total. The number of alkyl halides is 3. The topological polar surface area (TPSA) is 103 Å². The van der Waals surface area contributed by atoms with E-state index in [-0.39, 0.29) is 23.0 Å². The zero-order chi connectivity index (χ0) is 21.7. The summed E-state index contributed by atoms with van der Waals surface area (Å²) in [6.45, 7) is 0. The minimum atomic E-state index is -4.61. The second-order valence-electron chi connectivity index (χ2n) is 6.14. The van der Waals surface area contributed by atoms with Crippen molar-refractivity contribution in [2.24, 2.45) is 10.2 Å². The van der Waals surface area contributed by atoms with Crippen molar-refractivity contribution in [2.75, 3.05) is 5.32 Å². The average molecular weight is 436 g/mol. The van der Waals surface area contributed by atoms with Crippen molar-refractivity contribution in [3.05, 3.63) is 59.7 Å². The molecule has 2 aromatic rings. The number of halogens is 3. The number of para-hydroxylation sites is 1. The van der Waals surface area contributed by atoms with Gasteiger partial charge >= 0.3 is 6.18 Å². The lowest BCUT2D eigenvalue weighted by Crippen LogP contribution is -2.28. The molecule has 3 rings (SSSR count). The molecule has 0 aromatic heterocycles. The van der Waals surface area contributed by atoms with E-state index in [1.807, 2.05) is 0 Å². The molecule has 0 bridgehead atoms. The van der Waals surface area contributed by atoms with Crippen LogP contribution in [-0.4, -0.2) is 33.6 Å². The Morgan fingerprint density at radius 2 is 2.00 bits per heavy atom. The maximum Gasteiger partial charge on any atom is 0.418 e. The van der Waals surface area contributed by atoms with Crippen molar-refractivity contribution >= 4 is 40.6 Å². The molecular formula is C19H15F3N4O3S. The molecule has 11 heteroatoms. The van der Waals surface area contributed by atoms with Crippen molar-refractivity contribution in [1.29, 1.82) is 0 Å². The molecule has 1 unspecified atom stereocenters. The van der Waals surface area contributed by atoms with Gasteiger partial charge in [0.15, 0.2) is 5.17 Å². The molecule has 0 radical (unpaired) electrons. The van der Waals surface area contributed by atoms with Gasteiger partial charge in [-0.2, -0.15) is 18.3 Å². The first-order valence-corrected chi connectivity index (χ1v) is 9.44. The number of phenols is 1. The van der Waals surface area contributed by atoms with Gasteiger partial charge in [0, 0.05) is 6.42 Å². The van der Waals surface area contributed by atoms with Gasteiger partial charge in [0.1, 0.15) is 11.0 Å². The lowest BCUT2D eigenvalue weighted by atomic mass is 10.1. The van der Waals surface area contributed by atoms with Gasteiger partial charge in [-0.3, -0.25) is 9.59 Å². The first-order valence-electron chi connectivity index (χ1n) is 8.56. The molecule has 2 aromatic carbocycles. The Bertz CT molecular complexity index is 1020. The SMILES string of the molecule is O=C(CC1S/C(=N/N=C/c2cccc(O)c2)NC1=O)Nc1ccccc1C(F)(F)F. The zero-order valence-corrected chi connectivity index (χ0v) is 16.0. The number of thioether (sulfide) groups is 1. The van der Waals surface area contributed by atoms with E-state index in [0.29, 0.717) is 5.56 Å². The van der Waals surface area contributed by atoms with Crippen molar-refractivity contribution in [2.45, 2.75) is 17.8 Å². The molecule has 1 aliphatic rings. The first kappa shape index (κ1) is 21.4. The number of anilines is 1. The lowest BCUT2D eigenvalue weighted by Gasteiger charge is -2.14. The second kappa shape index (κ2) is 8.99. The average Bonchev–Trinajstić information content (AvgIpc) is 3.00. The predicted octanol–water partition coefficient (Wildman–Crippen LogP) is 3.36. The number of aromatic hydroxyl groups is 1. The molecule has 30 heavy (non-hydrogen) atoms. The third-order valence-electron chi connectivity index (χ3n) is 3.88. The van der Waals surface area contributed by atoms with Crippen LogP contribution in [0.4, 0.5) is 18.9 Å². The minimum Gasteiger partial charge on any atom is -0.508 e. The quantitative estimate of drug-likeness (QED) is 0.494. The largest absolute Gasteiger partial charge is 0.508 e. The van der Waals surface area contributed by atoms with Crippen LogP contribution in [0.1, 0.15) is 17.5 Å². The number of hydrogen-bond acceptors (Lipinski definition) is 6. The minimum absolute atomic E-state index is 0.0633. The number of phenolic OH excluding ortho intramolecular Hbond substituents is 1. The maximum atomic E-state index is 13.0. The predicted molar refractivity (Wildman–Crippen MR) is 107 cm³/mol. The highest BCUT2D eigenvalue weighted by molar-refractivity contribution is 8.15. The monoisotopic (exact) mass is 436 g/mol. The second-order valence-corrected chi connectivity index (χ2v) is 7.33. The summed E-state index contributed by atoms with van der Waals surface area (Å²) in [5.74, 6) is -1.16. The van der Waals surface area contributed by atoms with Gasteiger partial charge in [-0.05, 0) is 29.8 Å². The van der Waals surface area contributed by atoms with Gasteiger partial charge in [0.05, 0.1) is 17.5 Å².